The lowest BCUT2D eigenvalue weighted by atomic mass is 9.86. The predicted octanol–water partition coefficient (Wildman–Crippen LogP) is -0.722. The molecule has 20 heavy (non-hydrogen) atoms. The highest BCUT2D eigenvalue weighted by Crippen LogP contribution is 2.33. The average molecular weight is 278 g/mol. The molecule has 4 N–H and O–H groups in total. The summed E-state index contributed by atoms with van der Waals surface area (Å²) < 4.78 is 0. The maximum absolute atomic E-state index is 12.6. The number of nitrogens with zero attached hydrogens (tertiary/aromatic N) is 2. The lowest BCUT2D eigenvalue weighted by Crippen LogP contribution is -2.47. The van der Waals surface area contributed by atoms with Crippen LogP contribution in [0, 0.1) is 0 Å². The fraction of sp³-hybridized carbons (Fsp3) is 0.615. The van der Waals surface area contributed by atoms with Crippen molar-refractivity contribution in [2.24, 2.45) is 5.73 Å². The van der Waals surface area contributed by atoms with Crippen molar-refractivity contribution in [3.05, 3.63) is 17.5 Å². The van der Waals surface area contributed by atoms with Gasteiger partial charge in [0.05, 0.1) is 18.7 Å². The maximum Gasteiger partial charge on any atom is 0.251 e. The molecule has 3 rings (SSSR count). The second-order valence-electron chi connectivity index (χ2n) is 5.65. The molecule has 1 aliphatic carbocycles. The number of hydrogen-bond acceptors (Lipinski definition) is 4. The zero-order valence-corrected chi connectivity index (χ0v) is 11.1. The van der Waals surface area contributed by atoms with Gasteiger partial charge >= 0.3 is 0 Å². The number of hydrogen-bond donors (Lipinski definition) is 3. The fourth-order valence-electron chi connectivity index (χ4n) is 3.12. The molecular weight excluding hydrogens is 260 g/mol. The highest BCUT2D eigenvalue weighted by molar-refractivity contribution is 5.88. The Kier molecular flexibility index (Phi) is 3.01. The van der Waals surface area contributed by atoms with Gasteiger partial charge in [-0.3, -0.25) is 14.7 Å². The smallest absolute Gasteiger partial charge is 0.251 e. The number of rotatable bonds is 2. The first-order valence-corrected chi connectivity index (χ1v) is 6.84. The Hall–Kier alpha value is -1.89. The molecule has 2 atom stereocenters. The first kappa shape index (κ1) is 13.1. The largest absolute Gasteiger partial charge is 0.378 e. The number of β-amino-alcohol motifs (C(OH)–C–C–N with tert-alkyl or cyclic N) is 1. The number of H-pyrrole nitrogens is 1. The maximum atomic E-state index is 12.6. The van der Waals surface area contributed by atoms with Gasteiger partial charge in [-0.1, -0.05) is 0 Å². The van der Waals surface area contributed by atoms with E-state index in [0.29, 0.717) is 6.54 Å². The Morgan fingerprint density at radius 2 is 2.35 bits per heavy atom. The monoisotopic (exact) mass is 278 g/mol. The Balaban J connectivity index is 1.77. The van der Waals surface area contributed by atoms with Crippen molar-refractivity contribution in [1.82, 2.24) is 15.1 Å². The van der Waals surface area contributed by atoms with Crippen LogP contribution in [0.1, 0.15) is 36.4 Å². The minimum atomic E-state index is -1.58. The molecule has 2 unspecified atom stereocenters. The van der Waals surface area contributed by atoms with E-state index in [1.54, 1.807) is 6.20 Å². The third kappa shape index (κ3) is 1.98. The lowest BCUT2D eigenvalue weighted by molar-refractivity contribution is -0.138. The number of carbonyl (C=O) groups is 2. The first-order chi connectivity index (χ1) is 9.51. The van der Waals surface area contributed by atoms with Crippen molar-refractivity contribution < 1.29 is 14.7 Å². The molecule has 1 aromatic heterocycles. The highest BCUT2D eigenvalue weighted by Gasteiger charge is 2.44. The van der Waals surface area contributed by atoms with Crippen LogP contribution < -0.4 is 5.73 Å². The summed E-state index contributed by atoms with van der Waals surface area (Å²) in [5.41, 5.74) is 5.56. The number of primary amides is 1. The molecule has 0 saturated carbocycles. The summed E-state index contributed by atoms with van der Waals surface area (Å²) >= 11 is 0. The van der Waals surface area contributed by atoms with Crippen LogP contribution in [-0.4, -0.2) is 50.7 Å². The molecule has 2 aliphatic rings. The molecular formula is C13H18N4O3. The molecule has 0 radical (unpaired) electrons. The number of aryl methyl sites for hydroxylation is 1. The van der Waals surface area contributed by atoms with Gasteiger partial charge in [-0.2, -0.15) is 5.10 Å². The summed E-state index contributed by atoms with van der Waals surface area (Å²) in [4.78, 5) is 25.4. The number of aliphatic hydroxyl groups is 1. The average Bonchev–Trinajstić information content (AvgIpc) is 3.04. The van der Waals surface area contributed by atoms with Crippen molar-refractivity contribution in [3.8, 4) is 0 Å². The Morgan fingerprint density at radius 3 is 3.05 bits per heavy atom. The van der Waals surface area contributed by atoms with Gasteiger partial charge in [0.1, 0.15) is 0 Å². The second kappa shape index (κ2) is 4.59. The molecule has 1 saturated heterocycles. The topological polar surface area (TPSA) is 112 Å². The lowest BCUT2D eigenvalue weighted by Gasteiger charge is -2.27. The molecule has 1 aromatic rings. The van der Waals surface area contributed by atoms with E-state index < -0.39 is 11.5 Å². The number of aromatic amines is 1. The van der Waals surface area contributed by atoms with Crippen molar-refractivity contribution >= 4 is 11.8 Å². The fourth-order valence-corrected chi connectivity index (χ4v) is 3.12. The van der Waals surface area contributed by atoms with Crippen LogP contribution in [0.2, 0.25) is 0 Å². The van der Waals surface area contributed by atoms with Crippen LogP contribution in [0.15, 0.2) is 6.20 Å². The van der Waals surface area contributed by atoms with Crippen LogP contribution in [0.4, 0.5) is 0 Å². The third-order valence-electron chi connectivity index (χ3n) is 4.36. The Labute approximate surface area is 116 Å². The van der Waals surface area contributed by atoms with Gasteiger partial charge in [0.2, 0.25) is 5.91 Å². The first-order valence-electron chi connectivity index (χ1n) is 6.84. The number of likely N-dealkylation sites (tertiary alicyclic amines) is 1. The van der Waals surface area contributed by atoms with Gasteiger partial charge in [-0.05, 0) is 19.3 Å². The van der Waals surface area contributed by atoms with E-state index in [9.17, 15) is 14.7 Å². The molecule has 0 spiro atoms. The zero-order valence-electron chi connectivity index (χ0n) is 11.1. The molecule has 7 nitrogen and oxygen atoms in total. The second-order valence-corrected chi connectivity index (χ2v) is 5.65. The summed E-state index contributed by atoms with van der Waals surface area (Å²) in [6.07, 6.45) is 4.52. The van der Waals surface area contributed by atoms with Crippen LogP contribution in [-0.2, 0) is 16.0 Å². The molecule has 1 aliphatic heterocycles. The van der Waals surface area contributed by atoms with Gasteiger partial charge in [0, 0.05) is 24.2 Å². The van der Waals surface area contributed by atoms with Crippen LogP contribution in [0.3, 0.4) is 0 Å². The van der Waals surface area contributed by atoms with Crippen LogP contribution >= 0.6 is 0 Å². The number of nitrogens with two attached hydrogens (primary N) is 1. The van der Waals surface area contributed by atoms with Gasteiger partial charge < -0.3 is 15.7 Å². The third-order valence-corrected chi connectivity index (χ3v) is 4.36. The van der Waals surface area contributed by atoms with E-state index in [4.69, 9.17) is 5.73 Å². The number of nitrogens with one attached hydrogen (secondary N) is 1. The minimum absolute atomic E-state index is 0.00908. The number of aromatic nitrogens is 2. The highest BCUT2D eigenvalue weighted by atomic mass is 16.3. The molecule has 108 valence electrons. The summed E-state index contributed by atoms with van der Waals surface area (Å²) in [6.45, 7) is 0.354. The van der Waals surface area contributed by atoms with E-state index in [1.165, 1.54) is 4.90 Å². The number of amides is 2. The minimum Gasteiger partial charge on any atom is -0.378 e. The Bertz CT molecular complexity index is 556. The van der Waals surface area contributed by atoms with Crippen molar-refractivity contribution in [2.75, 3.05) is 13.1 Å². The summed E-state index contributed by atoms with van der Waals surface area (Å²) in [7, 11) is 0. The van der Waals surface area contributed by atoms with E-state index in [0.717, 1.165) is 30.5 Å². The quantitative estimate of drug-likeness (QED) is 0.662. The number of carbonyl (C=O) groups excluding carboxylic acids is 2. The van der Waals surface area contributed by atoms with Crippen molar-refractivity contribution in [1.29, 1.82) is 0 Å². The van der Waals surface area contributed by atoms with Gasteiger partial charge in [0.25, 0.3) is 5.91 Å². The molecule has 7 heteroatoms. The summed E-state index contributed by atoms with van der Waals surface area (Å²) in [5.74, 6) is -1.04. The molecule has 1 fully saturated rings. The van der Waals surface area contributed by atoms with E-state index in [1.807, 2.05) is 0 Å². The SMILES string of the molecule is NC(=O)C1(O)CCN(C(=O)C2CCCc3[nH]ncc32)C1. The normalized spacial score (nSPS) is 29.2. The standard InChI is InChI=1S/C13H18N4O3/c14-12(19)13(20)4-5-17(7-13)11(18)8-2-1-3-10-9(8)6-15-16-10/h6,8,20H,1-5,7H2,(H2,14,19)(H,15,16). The van der Waals surface area contributed by atoms with E-state index in [-0.39, 0.29) is 24.8 Å². The molecule has 0 aromatic carbocycles. The summed E-state index contributed by atoms with van der Waals surface area (Å²) in [6, 6.07) is 0. The molecule has 2 heterocycles. The van der Waals surface area contributed by atoms with Crippen molar-refractivity contribution in [3.63, 3.8) is 0 Å². The summed E-state index contributed by atoms with van der Waals surface area (Å²) in [5, 5.41) is 17.0. The number of fused-ring (bicyclic) bond motifs is 1. The van der Waals surface area contributed by atoms with Crippen molar-refractivity contribution in [2.45, 2.75) is 37.2 Å². The van der Waals surface area contributed by atoms with Crippen LogP contribution in [0.5, 0.6) is 0 Å². The zero-order chi connectivity index (χ0) is 14.3. The molecule has 2 amide bonds. The van der Waals surface area contributed by atoms with E-state index >= 15 is 0 Å². The predicted molar refractivity (Wildman–Crippen MR) is 69.6 cm³/mol. The van der Waals surface area contributed by atoms with Crippen LogP contribution in [0.25, 0.3) is 0 Å². The van der Waals surface area contributed by atoms with Gasteiger partial charge in [0.15, 0.2) is 5.60 Å². The van der Waals surface area contributed by atoms with Gasteiger partial charge in [-0.15, -0.1) is 0 Å². The Morgan fingerprint density at radius 1 is 1.55 bits per heavy atom. The molecule has 0 bridgehead atoms. The van der Waals surface area contributed by atoms with E-state index in [2.05, 4.69) is 10.2 Å². The van der Waals surface area contributed by atoms with Gasteiger partial charge in [-0.25, -0.2) is 0 Å².